The molecule has 1 saturated heterocycles. The number of nitrogens with one attached hydrogen (secondary N) is 1. The third-order valence-corrected chi connectivity index (χ3v) is 2.58. The third-order valence-electron chi connectivity index (χ3n) is 2.29. The van der Waals surface area contributed by atoms with Gasteiger partial charge in [-0.25, -0.2) is 4.98 Å². The first-order valence-corrected chi connectivity index (χ1v) is 4.65. The Morgan fingerprint density at radius 3 is 3.17 bits per heavy atom. The molecule has 2 rings (SSSR count). The van der Waals surface area contributed by atoms with E-state index in [1.807, 2.05) is 10.8 Å². The van der Waals surface area contributed by atoms with Gasteiger partial charge in [-0.2, -0.15) is 0 Å². The molecule has 0 amide bonds. The SMILES string of the molecule is Clc1nccn1[C@@H]1CCCNC1. The van der Waals surface area contributed by atoms with E-state index in [-0.39, 0.29) is 0 Å². The summed E-state index contributed by atoms with van der Waals surface area (Å²) in [6.07, 6.45) is 6.11. The Morgan fingerprint density at radius 2 is 2.58 bits per heavy atom. The molecule has 1 aromatic heterocycles. The molecule has 1 aromatic rings. The van der Waals surface area contributed by atoms with Crippen LogP contribution >= 0.6 is 11.6 Å². The van der Waals surface area contributed by atoms with Crippen LogP contribution in [-0.2, 0) is 0 Å². The Balaban J connectivity index is 2.13. The second-order valence-corrected chi connectivity index (χ2v) is 3.44. The van der Waals surface area contributed by atoms with E-state index in [2.05, 4.69) is 10.3 Å². The number of imidazole rings is 1. The summed E-state index contributed by atoms with van der Waals surface area (Å²) in [4.78, 5) is 3.99. The van der Waals surface area contributed by atoms with Gasteiger partial charge in [-0.05, 0) is 31.0 Å². The molecule has 66 valence electrons. The molecule has 2 heterocycles. The van der Waals surface area contributed by atoms with Gasteiger partial charge < -0.3 is 9.88 Å². The van der Waals surface area contributed by atoms with Crippen LogP contribution < -0.4 is 5.32 Å². The van der Waals surface area contributed by atoms with Crippen LogP contribution in [0.2, 0.25) is 5.28 Å². The molecule has 0 spiro atoms. The molecule has 0 aliphatic carbocycles. The van der Waals surface area contributed by atoms with Gasteiger partial charge in [0.1, 0.15) is 0 Å². The van der Waals surface area contributed by atoms with Crippen molar-refractivity contribution < 1.29 is 0 Å². The quantitative estimate of drug-likeness (QED) is 0.718. The van der Waals surface area contributed by atoms with Gasteiger partial charge in [0.05, 0.1) is 0 Å². The highest BCUT2D eigenvalue weighted by Crippen LogP contribution is 2.20. The molecular weight excluding hydrogens is 174 g/mol. The fourth-order valence-corrected chi connectivity index (χ4v) is 1.89. The smallest absolute Gasteiger partial charge is 0.202 e. The van der Waals surface area contributed by atoms with Gasteiger partial charge in [-0.1, -0.05) is 0 Å². The molecule has 0 bridgehead atoms. The first kappa shape index (κ1) is 8.08. The van der Waals surface area contributed by atoms with Crippen molar-refractivity contribution in [1.82, 2.24) is 14.9 Å². The lowest BCUT2D eigenvalue weighted by Gasteiger charge is -2.24. The molecular formula is C8H12ClN3. The zero-order valence-electron chi connectivity index (χ0n) is 6.83. The van der Waals surface area contributed by atoms with Crippen LogP contribution in [0.3, 0.4) is 0 Å². The maximum absolute atomic E-state index is 5.90. The highest BCUT2D eigenvalue weighted by Gasteiger charge is 2.15. The highest BCUT2D eigenvalue weighted by atomic mass is 35.5. The van der Waals surface area contributed by atoms with Gasteiger partial charge in [0.2, 0.25) is 5.28 Å². The van der Waals surface area contributed by atoms with Crippen molar-refractivity contribution >= 4 is 11.6 Å². The largest absolute Gasteiger partial charge is 0.317 e. The van der Waals surface area contributed by atoms with Crippen molar-refractivity contribution in [1.29, 1.82) is 0 Å². The molecule has 0 radical (unpaired) electrons. The van der Waals surface area contributed by atoms with Gasteiger partial charge >= 0.3 is 0 Å². The lowest BCUT2D eigenvalue weighted by molar-refractivity contribution is 0.371. The Hall–Kier alpha value is -0.540. The van der Waals surface area contributed by atoms with E-state index in [0.717, 1.165) is 13.1 Å². The summed E-state index contributed by atoms with van der Waals surface area (Å²) in [5, 5.41) is 3.94. The van der Waals surface area contributed by atoms with Gasteiger partial charge in [-0.3, -0.25) is 0 Å². The second kappa shape index (κ2) is 3.46. The Morgan fingerprint density at radius 1 is 1.67 bits per heavy atom. The number of nitrogens with zero attached hydrogens (tertiary/aromatic N) is 2. The molecule has 1 aliphatic heterocycles. The maximum atomic E-state index is 5.90. The lowest BCUT2D eigenvalue weighted by atomic mass is 10.1. The van der Waals surface area contributed by atoms with Crippen LogP contribution in [0.1, 0.15) is 18.9 Å². The van der Waals surface area contributed by atoms with Crippen molar-refractivity contribution in [2.24, 2.45) is 0 Å². The summed E-state index contributed by atoms with van der Waals surface area (Å²) in [7, 11) is 0. The molecule has 1 N–H and O–H groups in total. The van der Waals surface area contributed by atoms with Crippen LogP contribution in [0.5, 0.6) is 0 Å². The number of rotatable bonds is 1. The monoisotopic (exact) mass is 185 g/mol. The van der Waals surface area contributed by atoms with Crippen LogP contribution in [0.25, 0.3) is 0 Å². The fourth-order valence-electron chi connectivity index (χ4n) is 1.64. The normalized spacial score (nSPS) is 24.2. The zero-order chi connectivity index (χ0) is 8.39. The van der Waals surface area contributed by atoms with Gasteiger partial charge in [0, 0.05) is 25.0 Å². The minimum atomic E-state index is 0.494. The fraction of sp³-hybridized carbons (Fsp3) is 0.625. The number of aromatic nitrogens is 2. The van der Waals surface area contributed by atoms with E-state index in [1.165, 1.54) is 12.8 Å². The van der Waals surface area contributed by atoms with Crippen molar-refractivity contribution in [3.05, 3.63) is 17.7 Å². The Bertz CT molecular complexity index is 253. The van der Waals surface area contributed by atoms with Crippen LogP contribution in [0.15, 0.2) is 12.4 Å². The topological polar surface area (TPSA) is 29.9 Å². The summed E-state index contributed by atoms with van der Waals surface area (Å²) >= 11 is 5.90. The number of hydrogen-bond acceptors (Lipinski definition) is 2. The van der Waals surface area contributed by atoms with E-state index in [1.54, 1.807) is 6.20 Å². The van der Waals surface area contributed by atoms with E-state index in [9.17, 15) is 0 Å². The molecule has 3 nitrogen and oxygen atoms in total. The summed E-state index contributed by atoms with van der Waals surface area (Å²) in [5.41, 5.74) is 0. The standard InChI is InChI=1S/C8H12ClN3/c9-8-11-4-5-12(8)7-2-1-3-10-6-7/h4-5,7,10H,1-3,6H2/t7-/m1/s1. The van der Waals surface area contributed by atoms with Crippen LogP contribution in [-0.4, -0.2) is 22.6 Å². The highest BCUT2D eigenvalue weighted by molar-refractivity contribution is 6.28. The molecule has 0 saturated carbocycles. The average molecular weight is 186 g/mol. The van der Waals surface area contributed by atoms with Gasteiger partial charge in [-0.15, -0.1) is 0 Å². The number of piperidine rings is 1. The molecule has 1 atom stereocenters. The van der Waals surface area contributed by atoms with E-state index in [0.29, 0.717) is 11.3 Å². The summed E-state index contributed by atoms with van der Waals surface area (Å²) in [5.74, 6) is 0. The molecule has 0 unspecified atom stereocenters. The third kappa shape index (κ3) is 1.47. The predicted octanol–water partition coefficient (Wildman–Crippen LogP) is 1.46. The first-order valence-electron chi connectivity index (χ1n) is 4.27. The predicted molar refractivity (Wildman–Crippen MR) is 48.4 cm³/mol. The molecule has 12 heavy (non-hydrogen) atoms. The minimum Gasteiger partial charge on any atom is -0.317 e. The Kier molecular flexibility index (Phi) is 2.33. The summed E-state index contributed by atoms with van der Waals surface area (Å²) < 4.78 is 2.04. The molecule has 1 aliphatic rings. The van der Waals surface area contributed by atoms with Crippen molar-refractivity contribution in [2.75, 3.05) is 13.1 Å². The maximum Gasteiger partial charge on any atom is 0.202 e. The lowest BCUT2D eigenvalue weighted by Crippen LogP contribution is -2.31. The van der Waals surface area contributed by atoms with Crippen molar-refractivity contribution in [2.45, 2.75) is 18.9 Å². The van der Waals surface area contributed by atoms with Crippen LogP contribution in [0, 0.1) is 0 Å². The summed E-state index contributed by atoms with van der Waals surface area (Å²) in [6.45, 7) is 2.14. The van der Waals surface area contributed by atoms with E-state index >= 15 is 0 Å². The second-order valence-electron chi connectivity index (χ2n) is 3.10. The van der Waals surface area contributed by atoms with Gasteiger partial charge in [0.25, 0.3) is 0 Å². The number of halogens is 1. The average Bonchev–Trinajstić information content (AvgIpc) is 2.53. The van der Waals surface area contributed by atoms with E-state index in [4.69, 9.17) is 11.6 Å². The molecule has 1 fully saturated rings. The van der Waals surface area contributed by atoms with E-state index < -0.39 is 0 Å². The first-order chi connectivity index (χ1) is 5.88. The number of hydrogen-bond donors (Lipinski definition) is 1. The molecule has 0 aromatic carbocycles. The van der Waals surface area contributed by atoms with Gasteiger partial charge in [0.15, 0.2) is 0 Å². The van der Waals surface area contributed by atoms with Crippen molar-refractivity contribution in [3.8, 4) is 0 Å². The zero-order valence-corrected chi connectivity index (χ0v) is 7.59. The van der Waals surface area contributed by atoms with Crippen molar-refractivity contribution in [3.63, 3.8) is 0 Å². The van der Waals surface area contributed by atoms with Crippen LogP contribution in [0.4, 0.5) is 0 Å². The molecule has 4 heteroatoms. The minimum absolute atomic E-state index is 0.494. The Labute approximate surface area is 76.7 Å². The summed E-state index contributed by atoms with van der Waals surface area (Å²) in [6, 6.07) is 0.494.